The van der Waals surface area contributed by atoms with Gasteiger partial charge in [0, 0.05) is 23.9 Å². The molecule has 28 heavy (non-hydrogen) atoms. The Morgan fingerprint density at radius 1 is 1.07 bits per heavy atom. The number of halogens is 2. The average molecular weight is 397 g/mol. The fraction of sp³-hybridized carbons (Fsp3) is 0.0500. The maximum Gasteiger partial charge on any atom is 0.280 e. The van der Waals surface area contributed by atoms with Gasteiger partial charge in [-0.05, 0) is 35.6 Å². The zero-order chi connectivity index (χ0) is 19.7. The van der Waals surface area contributed by atoms with Crippen LogP contribution in [0.25, 0.3) is 10.9 Å². The molecule has 0 bridgehead atoms. The van der Waals surface area contributed by atoms with Crippen molar-refractivity contribution in [3.8, 4) is 11.6 Å². The number of ether oxygens (including phenoxy) is 1. The maximum atomic E-state index is 14.2. The van der Waals surface area contributed by atoms with E-state index in [1.165, 1.54) is 12.4 Å². The molecule has 0 saturated carbocycles. The molecule has 0 amide bonds. The molecule has 5 nitrogen and oxygen atoms in total. The predicted octanol–water partition coefficient (Wildman–Crippen LogP) is 3.41. The van der Waals surface area contributed by atoms with Crippen molar-refractivity contribution in [1.82, 2.24) is 14.5 Å². The molecule has 2 aromatic carbocycles. The summed E-state index contributed by atoms with van der Waals surface area (Å²) < 4.78 is 34.8. The van der Waals surface area contributed by atoms with Crippen molar-refractivity contribution < 1.29 is 13.5 Å². The van der Waals surface area contributed by atoms with Crippen molar-refractivity contribution in [3.63, 3.8) is 0 Å². The van der Waals surface area contributed by atoms with Gasteiger partial charge in [0.1, 0.15) is 17.4 Å². The van der Waals surface area contributed by atoms with Crippen LogP contribution in [0.2, 0.25) is 0 Å². The zero-order valence-electron chi connectivity index (χ0n) is 14.5. The van der Waals surface area contributed by atoms with E-state index in [-0.39, 0.29) is 6.54 Å². The Hall–Kier alpha value is -3.18. The lowest BCUT2D eigenvalue weighted by molar-refractivity contribution is 0.463. The van der Waals surface area contributed by atoms with Crippen LogP contribution >= 0.6 is 9.24 Å². The Kier molecular flexibility index (Phi) is 4.84. The van der Waals surface area contributed by atoms with E-state index in [4.69, 9.17) is 4.74 Å². The second kappa shape index (κ2) is 7.44. The van der Waals surface area contributed by atoms with Gasteiger partial charge in [-0.1, -0.05) is 6.07 Å². The largest absolute Gasteiger partial charge is 0.439 e. The lowest BCUT2D eigenvalue weighted by Crippen LogP contribution is -2.17. The van der Waals surface area contributed by atoms with Gasteiger partial charge >= 0.3 is 0 Å². The van der Waals surface area contributed by atoms with E-state index in [2.05, 4.69) is 19.2 Å². The number of rotatable bonds is 4. The maximum absolute atomic E-state index is 14.2. The molecule has 2 heterocycles. The second-order valence-electron chi connectivity index (χ2n) is 6.08. The van der Waals surface area contributed by atoms with Gasteiger partial charge in [0.05, 0.1) is 23.8 Å². The van der Waals surface area contributed by atoms with E-state index in [1.807, 2.05) is 0 Å². The van der Waals surface area contributed by atoms with Crippen LogP contribution in [0.3, 0.4) is 0 Å². The van der Waals surface area contributed by atoms with E-state index < -0.39 is 17.2 Å². The third-order valence-electron chi connectivity index (χ3n) is 4.21. The summed E-state index contributed by atoms with van der Waals surface area (Å²) in [5.41, 5.74) is 0.428. The molecule has 0 aliphatic carbocycles. The fourth-order valence-corrected chi connectivity index (χ4v) is 3.26. The summed E-state index contributed by atoms with van der Waals surface area (Å²) in [6.07, 6.45) is 2.94. The van der Waals surface area contributed by atoms with Gasteiger partial charge in [0.15, 0.2) is 0 Å². The standard InChI is InChI=1S/C20H14F2N3O2P/c21-12-7-16(22)15(18(28)8-12)10-25-11-24-20(26)14-9-13(4-5-17(14)25)27-19-3-1-2-6-23-19/h1-9,11H,10,28H2. The molecular weight excluding hydrogens is 383 g/mol. The number of benzene rings is 2. The van der Waals surface area contributed by atoms with Crippen LogP contribution in [0.5, 0.6) is 11.6 Å². The monoisotopic (exact) mass is 397 g/mol. The molecule has 0 N–H and O–H groups in total. The number of aromatic nitrogens is 3. The fourth-order valence-electron chi connectivity index (χ4n) is 2.87. The summed E-state index contributed by atoms with van der Waals surface area (Å²) in [7, 11) is 2.32. The summed E-state index contributed by atoms with van der Waals surface area (Å²) in [4.78, 5) is 20.2. The summed E-state index contributed by atoms with van der Waals surface area (Å²) >= 11 is 0. The normalized spacial score (nSPS) is 11.0. The first kappa shape index (κ1) is 18.2. The summed E-state index contributed by atoms with van der Waals surface area (Å²) in [5, 5.41) is 0.725. The topological polar surface area (TPSA) is 57.0 Å². The van der Waals surface area contributed by atoms with E-state index in [0.717, 1.165) is 6.07 Å². The van der Waals surface area contributed by atoms with Crippen molar-refractivity contribution in [2.45, 2.75) is 6.54 Å². The van der Waals surface area contributed by atoms with Crippen LogP contribution in [0, 0.1) is 11.6 Å². The van der Waals surface area contributed by atoms with Gasteiger partial charge < -0.3 is 9.30 Å². The molecule has 4 aromatic rings. The molecular formula is C20H14F2N3O2P. The minimum atomic E-state index is -0.660. The smallest absolute Gasteiger partial charge is 0.280 e. The van der Waals surface area contributed by atoms with Crippen molar-refractivity contribution in [3.05, 3.63) is 88.6 Å². The van der Waals surface area contributed by atoms with E-state index >= 15 is 0 Å². The molecule has 0 aliphatic heterocycles. The van der Waals surface area contributed by atoms with Crippen LogP contribution in [-0.4, -0.2) is 14.5 Å². The number of fused-ring (bicyclic) bond motifs is 1. The Balaban J connectivity index is 1.75. The molecule has 2 aromatic heterocycles. The van der Waals surface area contributed by atoms with Gasteiger partial charge in [-0.3, -0.25) is 4.79 Å². The van der Waals surface area contributed by atoms with E-state index in [0.29, 0.717) is 33.4 Å². The third kappa shape index (κ3) is 3.62. The predicted molar refractivity (Wildman–Crippen MR) is 105 cm³/mol. The summed E-state index contributed by atoms with van der Waals surface area (Å²) in [5.74, 6) is -0.480. The quantitative estimate of drug-likeness (QED) is 0.496. The molecule has 140 valence electrons. The van der Waals surface area contributed by atoms with Gasteiger partial charge in [-0.2, -0.15) is 4.98 Å². The number of pyridine rings is 1. The molecule has 0 aliphatic rings. The first-order chi connectivity index (χ1) is 13.5. The minimum absolute atomic E-state index is 0.0924. The Labute approximate surface area is 160 Å². The molecule has 0 radical (unpaired) electrons. The second-order valence-corrected chi connectivity index (χ2v) is 6.70. The van der Waals surface area contributed by atoms with Crippen LogP contribution in [0.15, 0.2) is 65.8 Å². The van der Waals surface area contributed by atoms with Gasteiger partial charge in [0.2, 0.25) is 5.88 Å². The number of nitrogens with zero attached hydrogens (tertiary/aromatic N) is 3. The van der Waals surface area contributed by atoms with Gasteiger partial charge in [-0.25, -0.2) is 13.8 Å². The highest BCUT2D eigenvalue weighted by molar-refractivity contribution is 7.27. The highest BCUT2D eigenvalue weighted by Gasteiger charge is 2.12. The van der Waals surface area contributed by atoms with Gasteiger partial charge in [-0.15, -0.1) is 9.24 Å². The van der Waals surface area contributed by atoms with Crippen LogP contribution < -0.4 is 15.6 Å². The van der Waals surface area contributed by atoms with Crippen molar-refractivity contribution in [2.75, 3.05) is 0 Å². The molecule has 0 saturated heterocycles. The molecule has 0 spiro atoms. The molecule has 1 unspecified atom stereocenters. The molecule has 8 heteroatoms. The number of hydrogen-bond donors (Lipinski definition) is 0. The molecule has 4 rings (SSSR count). The minimum Gasteiger partial charge on any atom is -0.439 e. The lowest BCUT2D eigenvalue weighted by atomic mass is 10.1. The van der Waals surface area contributed by atoms with Crippen molar-refractivity contribution in [2.24, 2.45) is 0 Å². The van der Waals surface area contributed by atoms with Gasteiger partial charge in [0.25, 0.3) is 5.56 Å². The van der Waals surface area contributed by atoms with E-state index in [9.17, 15) is 13.6 Å². The molecule has 1 atom stereocenters. The Morgan fingerprint density at radius 2 is 1.93 bits per heavy atom. The lowest BCUT2D eigenvalue weighted by Gasteiger charge is -2.13. The van der Waals surface area contributed by atoms with Crippen LogP contribution in [-0.2, 0) is 6.54 Å². The first-order valence-corrected chi connectivity index (χ1v) is 8.90. The highest BCUT2D eigenvalue weighted by Crippen LogP contribution is 2.23. The van der Waals surface area contributed by atoms with E-state index in [1.54, 1.807) is 47.2 Å². The van der Waals surface area contributed by atoms with Crippen LogP contribution in [0.1, 0.15) is 5.56 Å². The average Bonchev–Trinajstić information content (AvgIpc) is 2.67. The zero-order valence-corrected chi connectivity index (χ0v) is 15.6. The van der Waals surface area contributed by atoms with Crippen LogP contribution in [0.4, 0.5) is 8.78 Å². The molecule has 0 fully saturated rings. The SMILES string of the molecule is O=c1ncn(Cc2c(F)cc(F)cc2P)c2ccc(Oc3ccccn3)cc12. The Bertz CT molecular complexity index is 1210. The first-order valence-electron chi connectivity index (χ1n) is 8.33. The van der Waals surface area contributed by atoms with Crippen molar-refractivity contribution in [1.29, 1.82) is 0 Å². The third-order valence-corrected chi connectivity index (χ3v) is 4.72. The highest BCUT2D eigenvalue weighted by atomic mass is 31.0. The number of hydrogen-bond acceptors (Lipinski definition) is 4. The Morgan fingerprint density at radius 3 is 2.68 bits per heavy atom. The summed E-state index contributed by atoms with van der Waals surface area (Å²) in [6, 6.07) is 12.3. The summed E-state index contributed by atoms with van der Waals surface area (Å²) in [6.45, 7) is 0.0924. The van der Waals surface area contributed by atoms with Crippen molar-refractivity contribution >= 4 is 25.4 Å².